The first-order chi connectivity index (χ1) is 19.8. The standard InChI is InChI=1S/C28H46O14/c1-21(2)23(31)39-11-7-35-17-27(5,15-29)19-37-9-13-41-25(33)26(34)42-14-10-38-20-28(6,16-30)18-36-8-12-40-24(32)22(3)4/h29-30H,1,3,7-20H2,2,4-6H3. The van der Waals surface area contributed by atoms with Crippen LogP contribution in [-0.2, 0) is 57.1 Å². The van der Waals surface area contributed by atoms with E-state index in [1.54, 1.807) is 13.8 Å². The smallest absolute Gasteiger partial charge is 0.417 e. The highest BCUT2D eigenvalue weighted by molar-refractivity contribution is 6.29. The Morgan fingerprint density at radius 2 is 0.738 bits per heavy atom. The zero-order valence-electron chi connectivity index (χ0n) is 25.1. The highest BCUT2D eigenvalue weighted by atomic mass is 16.6. The minimum atomic E-state index is -1.20. The monoisotopic (exact) mass is 606 g/mol. The topological polar surface area (TPSA) is 183 Å². The third-order valence-electron chi connectivity index (χ3n) is 5.27. The first-order valence-corrected chi connectivity index (χ1v) is 13.3. The molecule has 0 heterocycles. The van der Waals surface area contributed by atoms with Crippen LogP contribution < -0.4 is 0 Å². The van der Waals surface area contributed by atoms with Crippen LogP contribution in [0.1, 0.15) is 27.7 Å². The molecule has 0 radical (unpaired) electrons. The molecule has 0 aromatic heterocycles. The number of rotatable bonds is 24. The Balaban J connectivity index is 4.03. The average Bonchev–Trinajstić information content (AvgIpc) is 2.95. The van der Waals surface area contributed by atoms with E-state index in [0.29, 0.717) is 0 Å². The number of carbonyl (C=O) groups is 4. The molecule has 14 heteroatoms. The van der Waals surface area contributed by atoms with Crippen LogP contribution in [-0.4, -0.2) is 127 Å². The normalized spacial score (nSPS) is 13.8. The van der Waals surface area contributed by atoms with Crippen LogP contribution in [0.5, 0.6) is 0 Å². The molecule has 0 rings (SSSR count). The van der Waals surface area contributed by atoms with Gasteiger partial charge < -0.3 is 48.1 Å². The highest BCUT2D eigenvalue weighted by Crippen LogP contribution is 2.17. The predicted octanol–water partition coefficient (Wildman–Crippen LogP) is 0.375. The quantitative estimate of drug-likeness (QED) is 0.0505. The minimum absolute atomic E-state index is 0.0356. The number of hydrogen-bond acceptors (Lipinski definition) is 14. The summed E-state index contributed by atoms with van der Waals surface area (Å²) >= 11 is 0. The zero-order valence-corrected chi connectivity index (χ0v) is 25.1. The largest absolute Gasteiger partial charge is 0.460 e. The number of ether oxygens (including phenoxy) is 8. The number of aliphatic hydroxyl groups excluding tert-OH is 2. The molecule has 0 aliphatic heterocycles. The molecule has 2 unspecified atom stereocenters. The molecule has 0 saturated carbocycles. The van der Waals surface area contributed by atoms with E-state index < -0.39 is 34.7 Å². The van der Waals surface area contributed by atoms with Gasteiger partial charge in [-0.3, -0.25) is 0 Å². The summed E-state index contributed by atoms with van der Waals surface area (Å²) in [7, 11) is 0. The van der Waals surface area contributed by atoms with Crippen molar-refractivity contribution in [3.8, 4) is 0 Å². The fourth-order valence-corrected chi connectivity index (χ4v) is 2.68. The number of aliphatic hydroxyl groups is 2. The lowest BCUT2D eigenvalue weighted by Gasteiger charge is -2.26. The van der Waals surface area contributed by atoms with E-state index >= 15 is 0 Å². The van der Waals surface area contributed by atoms with Gasteiger partial charge in [0.25, 0.3) is 0 Å². The molecular weight excluding hydrogens is 560 g/mol. The van der Waals surface area contributed by atoms with E-state index in [4.69, 9.17) is 37.9 Å². The third kappa shape index (κ3) is 18.5. The van der Waals surface area contributed by atoms with Crippen LogP contribution in [0.4, 0.5) is 0 Å². The van der Waals surface area contributed by atoms with Gasteiger partial charge in [0.2, 0.25) is 0 Å². The van der Waals surface area contributed by atoms with E-state index in [1.165, 1.54) is 13.8 Å². The van der Waals surface area contributed by atoms with Crippen LogP contribution in [0.3, 0.4) is 0 Å². The average molecular weight is 607 g/mol. The third-order valence-corrected chi connectivity index (χ3v) is 5.27. The fourth-order valence-electron chi connectivity index (χ4n) is 2.68. The molecule has 0 saturated heterocycles. The lowest BCUT2D eigenvalue weighted by atomic mass is 9.94. The fraction of sp³-hybridized carbons (Fsp3) is 0.714. The predicted molar refractivity (Wildman–Crippen MR) is 147 cm³/mol. The van der Waals surface area contributed by atoms with Gasteiger partial charge in [-0.2, -0.15) is 0 Å². The van der Waals surface area contributed by atoms with Gasteiger partial charge in [0.1, 0.15) is 26.4 Å². The summed E-state index contributed by atoms with van der Waals surface area (Å²) in [6.45, 7) is 13.2. The Morgan fingerprint density at radius 1 is 0.500 bits per heavy atom. The molecule has 242 valence electrons. The summed E-state index contributed by atoms with van der Waals surface area (Å²) in [5.74, 6) is -3.42. The maximum Gasteiger partial charge on any atom is 0.417 e. The van der Waals surface area contributed by atoms with Gasteiger partial charge in [-0.25, -0.2) is 19.2 Å². The Hall–Kier alpha value is -2.88. The van der Waals surface area contributed by atoms with Gasteiger partial charge in [0, 0.05) is 22.0 Å². The van der Waals surface area contributed by atoms with Gasteiger partial charge in [0.15, 0.2) is 0 Å². The number of carbonyl (C=O) groups excluding carboxylic acids is 4. The second-order valence-corrected chi connectivity index (χ2v) is 10.3. The van der Waals surface area contributed by atoms with Crippen LogP contribution in [0, 0.1) is 10.8 Å². The Kier molecular flexibility index (Phi) is 20.3. The Bertz CT molecular complexity index is 803. The Morgan fingerprint density at radius 3 is 0.952 bits per heavy atom. The van der Waals surface area contributed by atoms with E-state index in [9.17, 15) is 29.4 Å². The molecule has 42 heavy (non-hydrogen) atoms. The van der Waals surface area contributed by atoms with Gasteiger partial charge in [0.05, 0.1) is 66.1 Å². The van der Waals surface area contributed by atoms with E-state index in [1.807, 2.05) is 0 Å². The van der Waals surface area contributed by atoms with Gasteiger partial charge in [-0.15, -0.1) is 0 Å². The van der Waals surface area contributed by atoms with Crippen LogP contribution >= 0.6 is 0 Å². The molecule has 14 nitrogen and oxygen atoms in total. The van der Waals surface area contributed by atoms with Crippen LogP contribution in [0.25, 0.3) is 0 Å². The van der Waals surface area contributed by atoms with Crippen molar-refractivity contribution in [2.75, 3.05) is 92.5 Å². The van der Waals surface area contributed by atoms with Gasteiger partial charge in [-0.1, -0.05) is 27.0 Å². The van der Waals surface area contributed by atoms with E-state index in [0.717, 1.165) is 0 Å². The summed E-state index contributed by atoms with van der Waals surface area (Å²) in [6.07, 6.45) is 0. The molecule has 2 N–H and O–H groups in total. The first kappa shape index (κ1) is 39.1. The van der Waals surface area contributed by atoms with Gasteiger partial charge in [-0.05, 0) is 13.8 Å². The van der Waals surface area contributed by atoms with Crippen molar-refractivity contribution in [2.45, 2.75) is 27.7 Å². The molecule has 0 amide bonds. The summed E-state index contributed by atoms with van der Waals surface area (Å²) < 4.78 is 41.2. The molecule has 0 aliphatic rings. The SMILES string of the molecule is C=C(C)C(=O)OCCOCC(C)(CO)COCCOC(=O)C(=O)OCCOCC(C)(CO)COCCOC(=O)C(=C)C. The van der Waals surface area contributed by atoms with Crippen molar-refractivity contribution in [2.24, 2.45) is 10.8 Å². The van der Waals surface area contributed by atoms with Crippen molar-refractivity contribution in [1.82, 2.24) is 0 Å². The summed E-state index contributed by atoms with van der Waals surface area (Å²) in [5, 5.41) is 19.3. The lowest BCUT2D eigenvalue weighted by Crippen LogP contribution is -2.34. The van der Waals surface area contributed by atoms with E-state index in [-0.39, 0.29) is 104 Å². The van der Waals surface area contributed by atoms with Crippen LogP contribution in [0.2, 0.25) is 0 Å². The van der Waals surface area contributed by atoms with Crippen molar-refractivity contribution in [1.29, 1.82) is 0 Å². The molecule has 2 atom stereocenters. The molecule has 0 aromatic rings. The number of esters is 4. The second kappa shape index (κ2) is 21.8. The molecule has 0 fully saturated rings. The summed E-state index contributed by atoms with van der Waals surface area (Å²) in [5.41, 5.74) is -0.936. The first-order valence-electron chi connectivity index (χ1n) is 13.3. The van der Waals surface area contributed by atoms with Gasteiger partial charge >= 0.3 is 23.9 Å². The zero-order chi connectivity index (χ0) is 32.0. The Labute approximate surface area is 246 Å². The molecule has 0 aromatic carbocycles. The van der Waals surface area contributed by atoms with E-state index in [2.05, 4.69) is 13.2 Å². The molecule has 0 spiro atoms. The molecule has 0 aliphatic carbocycles. The van der Waals surface area contributed by atoms with Crippen molar-refractivity contribution in [3.63, 3.8) is 0 Å². The molecular formula is C28H46O14. The summed E-state index contributed by atoms with van der Waals surface area (Å²) in [6, 6.07) is 0. The van der Waals surface area contributed by atoms with Crippen molar-refractivity contribution in [3.05, 3.63) is 24.3 Å². The summed E-state index contributed by atoms with van der Waals surface area (Å²) in [4.78, 5) is 46.2. The lowest BCUT2D eigenvalue weighted by molar-refractivity contribution is -0.169. The van der Waals surface area contributed by atoms with Crippen molar-refractivity contribution < 1.29 is 67.3 Å². The highest BCUT2D eigenvalue weighted by Gasteiger charge is 2.26. The maximum absolute atomic E-state index is 11.8. The molecule has 0 bridgehead atoms. The number of hydrogen-bond donors (Lipinski definition) is 2. The maximum atomic E-state index is 11.8. The second-order valence-electron chi connectivity index (χ2n) is 10.3. The van der Waals surface area contributed by atoms with Crippen molar-refractivity contribution >= 4 is 23.9 Å². The minimum Gasteiger partial charge on any atom is -0.460 e. The van der Waals surface area contributed by atoms with Crippen LogP contribution in [0.15, 0.2) is 24.3 Å².